The van der Waals surface area contributed by atoms with Crippen LogP contribution in [-0.2, 0) is 4.79 Å². The van der Waals surface area contributed by atoms with Gasteiger partial charge in [-0.25, -0.2) is 4.39 Å². The van der Waals surface area contributed by atoms with Crippen LogP contribution in [0.5, 0.6) is 5.75 Å². The number of hydrogen-bond acceptors (Lipinski definition) is 4. The second-order valence-corrected chi connectivity index (χ2v) is 4.94. The van der Waals surface area contributed by atoms with Crippen LogP contribution in [0.1, 0.15) is 18.1 Å². The van der Waals surface area contributed by atoms with Crippen molar-refractivity contribution in [2.24, 2.45) is 0 Å². The van der Waals surface area contributed by atoms with Gasteiger partial charge in [0.25, 0.3) is 0 Å². The highest BCUT2D eigenvalue weighted by Gasteiger charge is 2.09. The number of para-hydroxylation sites is 2. The van der Waals surface area contributed by atoms with Crippen molar-refractivity contribution in [1.29, 1.82) is 0 Å². The molecule has 0 bridgehead atoms. The maximum absolute atomic E-state index is 13.2. The molecule has 2 aromatic carbocycles. The van der Waals surface area contributed by atoms with Gasteiger partial charge in [0.1, 0.15) is 0 Å². The van der Waals surface area contributed by atoms with E-state index < -0.39 is 17.7 Å². The molecule has 1 amide bonds. The van der Waals surface area contributed by atoms with Crippen LogP contribution in [0.15, 0.2) is 54.6 Å². The van der Waals surface area contributed by atoms with Crippen molar-refractivity contribution in [1.82, 2.24) is 0 Å². The van der Waals surface area contributed by atoms with Crippen molar-refractivity contribution < 1.29 is 19.4 Å². The van der Waals surface area contributed by atoms with Gasteiger partial charge in [-0.1, -0.05) is 24.3 Å². The maximum Gasteiger partial charge on any atom is 0.248 e. The van der Waals surface area contributed by atoms with Gasteiger partial charge in [-0.15, -0.1) is 0 Å². The minimum Gasteiger partial charge on any atom is -0.505 e. The smallest absolute Gasteiger partial charge is 0.248 e. The number of anilines is 2. The molecule has 6 heteroatoms. The molecule has 0 heterocycles. The van der Waals surface area contributed by atoms with Gasteiger partial charge in [-0.2, -0.15) is 0 Å². The Morgan fingerprint density at radius 1 is 1.30 bits per heavy atom. The number of aromatic hydroxyl groups is 1. The van der Waals surface area contributed by atoms with Crippen LogP contribution >= 0.6 is 0 Å². The van der Waals surface area contributed by atoms with Gasteiger partial charge < -0.3 is 21.3 Å². The summed E-state index contributed by atoms with van der Waals surface area (Å²) in [6.07, 6.45) is 1.90. The number of carbonyl (C=O) groups is 1. The highest BCUT2D eigenvalue weighted by Crippen LogP contribution is 2.23. The average Bonchev–Trinajstić information content (AvgIpc) is 2.52. The molecule has 0 saturated carbocycles. The second-order valence-electron chi connectivity index (χ2n) is 4.94. The third kappa shape index (κ3) is 4.55. The number of halogens is 1. The molecule has 0 fully saturated rings. The number of benzene rings is 2. The van der Waals surface area contributed by atoms with Gasteiger partial charge in [0.05, 0.1) is 17.5 Å². The van der Waals surface area contributed by atoms with E-state index in [0.29, 0.717) is 16.9 Å². The van der Waals surface area contributed by atoms with Crippen molar-refractivity contribution in [3.05, 3.63) is 66.0 Å². The van der Waals surface area contributed by atoms with Crippen LogP contribution in [-0.4, -0.2) is 16.1 Å². The third-order valence-corrected chi connectivity index (χ3v) is 3.20. The standard InChI is InChI=1S/C17H17FN2O3/c18-12-10-11(8-9-16(12)22)15(21)6-3-7-17(23)20-14-5-2-1-4-13(14)19/h1-5,7-10,15,21-22H,6,19H2,(H,20,23)/b7-3+/t15-/m1/s1. The number of phenols is 1. The molecular weight excluding hydrogens is 299 g/mol. The molecular formula is C17H17FN2O3. The van der Waals surface area contributed by atoms with E-state index in [-0.39, 0.29) is 12.3 Å². The Morgan fingerprint density at radius 2 is 2.04 bits per heavy atom. The Morgan fingerprint density at radius 3 is 2.74 bits per heavy atom. The number of carbonyl (C=O) groups excluding carboxylic acids is 1. The lowest BCUT2D eigenvalue weighted by atomic mass is 10.1. The SMILES string of the molecule is Nc1ccccc1NC(=O)/C=C/C[C@@H](O)c1ccc(O)c(F)c1. The molecule has 23 heavy (non-hydrogen) atoms. The number of phenolic OH excluding ortho intramolecular Hbond substituents is 1. The fraction of sp³-hybridized carbons (Fsp3) is 0.118. The molecule has 1 atom stereocenters. The van der Waals surface area contributed by atoms with Crippen LogP contribution in [0.4, 0.5) is 15.8 Å². The lowest BCUT2D eigenvalue weighted by Crippen LogP contribution is -2.09. The summed E-state index contributed by atoms with van der Waals surface area (Å²) in [5.74, 6) is -1.66. The molecule has 0 aliphatic carbocycles. The van der Waals surface area contributed by atoms with Crippen molar-refractivity contribution in [3.63, 3.8) is 0 Å². The molecule has 0 aliphatic heterocycles. The van der Waals surface area contributed by atoms with Gasteiger partial charge in [-0.3, -0.25) is 4.79 Å². The van der Waals surface area contributed by atoms with Crippen LogP contribution in [0.2, 0.25) is 0 Å². The summed E-state index contributed by atoms with van der Waals surface area (Å²) in [7, 11) is 0. The minimum absolute atomic E-state index is 0.127. The number of aliphatic hydroxyl groups is 1. The fourth-order valence-electron chi connectivity index (χ4n) is 1.96. The zero-order valence-electron chi connectivity index (χ0n) is 12.2. The number of amides is 1. The normalized spacial score (nSPS) is 12.3. The highest BCUT2D eigenvalue weighted by molar-refractivity contribution is 6.01. The number of aliphatic hydroxyl groups excluding tert-OH is 1. The molecule has 5 nitrogen and oxygen atoms in total. The zero-order valence-corrected chi connectivity index (χ0v) is 12.2. The number of nitrogens with one attached hydrogen (secondary N) is 1. The predicted octanol–water partition coefficient (Wildman–Crippen LogP) is 2.73. The first-order valence-corrected chi connectivity index (χ1v) is 6.96. The van der Waals surface area contributed by atoms with Crippen LogP contribution in [0, 0.1) is 5.82 Å². The highest BCUT2D eigenvalue weighted by atomic mass is 19.1. The summed E-state index contributed by atoms with van der Waals surface area (Å²) in [6.45, 7) is 0. The van der Waals surface area contributed by atoms with E-state index in [1.807, 2.05) is 0 Å². The Labute approximate surface area is 132 Å². The summed E-state index contributed by atoms with van der Waals surface area (Å²) in [5, 5.41) is 21.6. The molecule has 120 valence electrons. The first-order chi connectivity index (χ1) is 11.0. The van der Waals surface area contributed by atoms with Gasteiger partial charge in [0, 0.05) is 0 Å². The summed E-state index contributed by atoms with van der Waals surface area (Å²) < 4.78 is 13.2. The van der Waals surface area contributed by atoms with E-state index in [9.17, 15) is 14.3 Å². The number of nitrogen functional groups attached to an aromatic ring is 1. The van der Waals surface area contributed by atoms with Gasteiger partial charge in [0.15, 0.2) is 11.6 Å². The molecule has 0 saturated heterocycles. The zero-order chi connectivity index (χ0) is 16.8. The Bertz CT molecular complexity index is 732. The van der Waals surface area contributed by atoms with Crippen LogP contribution in [0.3, 0.4) is 0 Å². The van der Waals surface area contributed by atoms with Crippen LogP contribution in [0.25, 0.3) is 0 Å². The largest absolute Gasteiger partial charge is 0.505 e. The lowest BCUT2D eigenvalue weighted by Gasteiger charge is -2.09. The first kappa shape index (κ1) is 16.5. The summed E-state index contributed by atoms with van der Waals surface area (Å²) >= 11 is 0. The minimum atomic E-state index is -0.976. The molecule has 0 unspecified atom stereocenters. The molecule has 2 rings (SSSR count). The monoisotopic (exact) mass is 316 g/mol. The fourth-order valence-corrected chi connectivity index (χ4v) is 1.96. The molecule has 0 radical (unpaired) electrons. The van der Waals surface area contributed by atoms with Crippen molar-refractivity contribution in [2.75, 3.05) is 11.1 Å². The first-order valence-electron chi connectivity index (χ1n) is 6.96. The van der Waals surface area contributed by atoms with Gasteiger partial charge in [0.2, 0.25) is 5.91 Å². The van der Waals surface area contributed by atoms with E-state index in [2.05, 4.69) is 5.32 Å². The second kappa shape index (κ2) is 7.42. The quantitative estimate of drug-likeness (QED) is 0.504. The van der Waals surface area contributed by atoms with Crippen molar-refractivity contribution in [2.45, 2.75) is 12.5 Å². The third-order valence-electron chi connectivity index (χ3n) is 3.20. The van der Waals surface area contributed by atoms with Gasteiger partial charge in [-0.05, 0) is 42.3 Å². The van der Waals surface area contributed by atoms with Crippen molar-refractivity contribution in [3.8, 4) is 5.75 Å². The molecule has 0 aliphatic rings. The summed E-state index contributed by atoms with van der Waals surface area (Å²) in [4.78, 5) is 11.8. The van der Waals surface area contributed by atoms with Crippen LogP contribution < -0.4 is 11.1 Å². The topological polar surface area (TPSA) is 95.6 Å². The maximum atomic E-state index is 13.2. The summed E-state index contributed by atoms with van der Waals surface area (Å²) in [5.41, 5.74) is 6.99. The molecule has 0 aromatic heterocycles. The van der Waals surface area contributed by atoms with E-state index in [1.165, 1.54) is 24.3 Å². The van der Waals surface area contributed by atoms with Gasteiger partial charge >= 0.3 is 0 Å². The Balaban J connectivity index is 1.91. The Hall–Kier alpha value is -2.86. The van der Waals surface area contributed by atoms with E-state index in [0.717, 1.165) is 6.07 Å². The average molecular weight is 316 g/mol. The summed E-state index contributed by atoms with van der Waals surface area (Å²) in [6, 6.07) is 10.5. The number of rotatable bonds is 5. The van der Waals surface area contributed by atoms with Crippen molar-refractivity contribution >= 4 is 17.3 Å². The van der Waals surface area contributed by atoms with E-state index >= 15 is 0 Å². The molecule has 0 spiro atoms. The van der Waals surface area contributed by atoms with E-state index in [1.54, 1.807) is 24.3 Å². The Kier molecular flexibility index (Phi) is 5.32. The number of nitrogens with two attached hydrogens (primary N) is 1. The molecule has 5 N–H and O–H groups in total. The molecule has 2 aromatic rings. The number of hydrogen-bond donors (Lipinski definition) is 4. The predicted molar refractivity (Wildman–Crippen MR) is 86.3 cm³/mol. The van der Waals surface area contributed by atoms with E-state index in [4.69, 9.17) is 10.8 Å². The lowest BCUT2D eigenvalue weighted by molar-refractivity contribution is -0.111.